The molecule has 7 nitrogen and oxygen atoms in total. The van der Waals surface area contributed by atoms with Crippen molar-refractivity contribution >= 4 is 17.8 Å². The molecule has 2 fully saturated rings. The van der Waals surface area contributed by atoms with E-state index in [2.05, 4.69) is 16.0 Å². The van der Waals surface area contributed by atoms with Gasteiger partial charge in [-0.25, -0.2) is 4.79 Å². The summed E-state index contributed by atoms with van der Waals surface area (Å²) in [5, 5.41) is 8.98. The zero-order valence-corrected chi connectivity index (χ0v) is 18.9. The van der Waals surface area contributed by atoms with Gasteiger partial charge in [0, 0.05) is 31.2 Å². The van der Waals surface area contributed by atoms with Gasteiger partial charge < -0.3 is 20.9 Å². The molecule has 2 aromatic carbocycles. The van der Waals surface area contributed by atoms with Crippen molar-refractivity contribution in [2.75, 3.05) is 13.1 Å². The Bertz CT molecular complexity index is 950. The molecule has 0 bridgehead atoms. The third kappa shape index (κ3) is 5.72. The Hall–Kier alpha value is -3.35. The third-order valence-corrected chi connectivity index (χ3v) is 6.67. The summed E-state index contributed by atoms with van der Waals surface area (Å²) < 4.78 is 0. The molecule has 1 heterocycles. The van der Waals surface area contributed by atoms with Crippen LogP contribution in [0.4, 0.5) is 4.79 Å². The molecule has 1 aliphatic heterocycles. The topological polar surface area (TPSA) is 90.5 Å². The number of hydrogen-bond acceptors (Lipinski definition) is 3. The van der Waals surface area contributed by atoms with Crippen molar-refractivity contribution in [1.82, 2.24) is 20.9 Å². The SMILES string of the molecule is O=C(NCc1ccccc1)NC1(C(=O)N2CCC(NC(=O)c3ccccc3)CC2)CCCC1. The van der Waals surface area contributed by atoms with E-state index in [1.807, 2.05) is 53.4 Å². The van der Waals surface area contributed by atoms with Gasteiger partial charge in [-0.3, -0.25) is 9.59 Å². The van der Waals surface area contributed by atoms with Gasteiger partial charge in [-0.1, -0.05) is 61.4 Å². The van der Waals surface area contributed by atoms with Crippen molar-refractivity contribution in [3.05, 3.63) is 71.8 Å². The summed E-state index contributed by atoms with van der Waals surface area (Å²) in [6.07, 6.45) is 4.59. The monoisotopic (exact) mass is 448 g/mol. The molecule has 0 spiro atoms. The molecule has 1 aliphatic carbocycles. The Balaban J connectivity index is 1.30. The first kappa shape index (κ1) is 22.8. The molecule has 0 radical (unpaired) electrons. The molecular weight excluding hydrogens is 416 g/mol. The minimum atomic E-state index is -0.832. The van der Waals surface area contributed by atoms with E-state index in [1.165, 1.54) is 0 Å². The number of amides is 4. The second kappa shape index (κ2) is 10.5. The molecule has 0 aromatic heterocycles. The van der Waals surface area contributed by atoms with Gasteiger partial charge in [0.15, 0.2) is 0 Å². The van der Waals surface area contributed by atoms with Crippen molar-refractivity contribution in [1.29, 1.82) is 0 Å². The molecule has 0 atom stereocenters. The van der Waals surface area contributed by atoms with E-state index in [1.54, 1.807) is 12.1 Å². The van der Waals surface area contributed by atoms with E-state index in [4.69, 9.17) is 0 Å². The van der Waals surface area contributed by atoms with Crippen molar-refractivity contribution < 1.29 is 14.4 Å². The van der Waals surface area contributed by atoms with Crippen LogP contribution >= 0.6 is 0 Å². The summed E-state index contributed by atoms with van der Waals surface area (Å²) in [6, 6.07) is 18.6. The zero-order chi connectivity index (χ0) is 23.1. The van der Waals surface area contributed by atoms with E-state index in [0.717, 1.165) is 18.4 Å². The van der Waals surface area contributed by atoms with E-state index < -0.39 is 5.54 Å². The molecule has 4 rings (SSSR count). The average Bonchev–Trinajstić information content (AvgIpc) is 3.33. The van der Waals surface area contributed by atoms with E-state index in [0.29, 0.717) is 50.9 Å². The number of likely N-dealkylation sites (tertiary alicyclic amines) is 1. The van der Waals surface area contributed by atoms with Gasteiger partial charge in [-0.05, 0) is 43.4 Å². The number of rotatable bonds is 6. The standard InChI is InChI=1S/C26H32N4O3/c31-23(21-11-5-2-6-12-21)28-22-13-17-30(18-14-22)24(32)26(15-7-8-16-26)29-25(33)27-19-20-9-3-1-4-10-20/h1-6,9-12,22H,7-8,13-19H2,(H,28,31)(H2,27,29,33). The maximum atomic E-state index is 13.5. The lowest BCUT2D eigenvalue weighted by Gasteiger charge is -2.39. The fraction of sp³-hybridized carbons (Fsp3) is 0.423. The van der Waals surface area contributed by atoms with Crippen LogP contribution in [0, 0.1) is 0 Å². The highest BCUT2D eigenvalue weighted by molar-refractivity contribution is 5.94. The van der Waals surface area contributed by atoms with E-state index >= 15 is 0 Å². The van der Waals surface area contributed by atoms with Crippen LogP contribution in [0.15, 0.2) is 60.7 Å². The Morgan fingerprint density at radius 1 is 0.879 bits per heavy atom. The smallest absolute Gasteiger partial charge is 0.315 e. The highest BCUT2D eigenvalue weighted by Crippen LogP contribution is 2.32. The van der Waals surface area contributed by atoms with Gasteiger partial charge in [-0.2, -0.15) is 0 Å². The van der Waals surface area contributed by atoms with Crippen LogP contribution in [-0.2, 0) is 11.3 Å². The normalized spacial score (nSPS) is 17.9. The molecule has 2 aromatic rings. The minimum absolute atomic E-state index is 0.00250. The van der Waals surface area contributed by atoms with E-state index in [-0.39, 0.29) is 23.9 Å². The summed E-state index contributed by atoms with van der Waals surface area (Å²) in [5.74, 6) is -0.0768. The first-order chi connectivity index (χ1) is 16.1. The zero-order valence-electron chi connectivity index (χ0n) is 18.9. The minimum Gasteiger partial charge on any atom is -0.349 e. The number of benzene rings is 2. The Morgan fingerprint density at radius 3 is 2.12 bits per heavy atom. The lowest BCUT2D eigenvalue weighted by Crippen LogP contribution is -2.61. The lowest BCUT2D eigenvalue weighted by atomic mass is 9.93. The number of carbonyl (C=O) groups excluding carboxylic acids is 3. The van der Waals surface area contributed by atoms with Crippen molar-refractivity contribution in [2.24, 2.45) is 0 Å². The lowest BCUT2D eigenvalue weighted by molar-refractivity contribution is -0.139. The average molecular weight is 449 g/mol. The summed E-state index contributed by atoms with van der Waals surface area (Å²) in [6.45, 7) is 1.57. The number of nitrogens with one attached hydrogen (secondary N) is 3. The fourth-order valence-corrected chi connectivity index (χ4v) is 4.80. The van der Waals surface area contributed by atoms with Crippen LogP contribution in [0.1, 0.15) is 54.4 Å². The predicted molar refractivity (Wildman–Crippen MR) is 127 cm³/mol. The summed E-state index contributed by atoms with van der Waals surface area (Å²) in [4.78, 5) is 40.4. The van der Waals surface area contributed by atoms with Crippen LogP contribution < -0.4 is 16.0 Å². The second-order valence-corrected chi connectivity index (χ2v) is 8.99. The molecular formula is C26H32N4O3. The Kier molecular flexibility index (Phi) is 7.27. The van der Waals surface area contributed by atoms with Gasteiger partial charge in [0.2, 0.25) is 5.91 Å². The molecule has 7 heteroatoms. The Morgan fingerprint density at radius 2 is 1.48 bits per heavy atom. The fourth-order valence-electron chi connectivity index (χ4n) is 4.80. The number of urea groups is 1. The van der Waals surface area contributed by atoms with Crippen molar-refractivity contribution in [3.63, 3.8) is 0 Å². The largest absolute Gasteiger partial charge is 0.349 e. The Labute approximate surface area is 194 Å². The van der Waals surface area contributed by atoms with Gasteiger partial charge in [0.1, 0.15) is 5.54 Å². The van der Waals surface area contributed by atoms with Crippen LogP contribution in [0.5, 0.6) is 0 Å². The second-order valence-electron chi connectivity index (χ2n) is 8.99. The summed E-state index contributed by atoms with van der Waals surface area (Å²) in [7, 11) is 0. The molecule has 4 amide bonds. The number of piperidine rings is 1. The molecule has 33 heavy (non-hydrogen) atoms. The molecule has 0 unspecified atom stereocenters. The van der Waals surface area contributed by atoms with Crippen LogP contribution in [0.2, 0.25) is 0 Å². The maximum absolute atomic E-state index is 13.5. The van der Waals surface area contributed by atoms with Crippen molar-refractivity contribution in [3.8, 4) is 0 Å². The van der Waals surface area contributed by atoms with Crippen molar-refractivity contribution in [2.45, 2.75) is 56.7 Å². The van der Waals surface area contributed by atoms with Gasteiger partial charge in [0.05, 0.1) is 0 Å². The molecule has 174 valence electrons. The van der Waals surface area contributed by atoms with Gasteiger partial charge >= 0.3 is 6.03 Å². The van der Waals surface area contributed by atoms with Gasteiger partial charge in [0.25, 0.3) is 5.91 Å². The number of hydrogen-bond donors (Lipinski definition) is 3. The molecule has 3 N–H and O–H groups in total. The third-order valence-electron chi connectivity index (χ3n) is 6.67. The number of carbonyl (C=O) groups is 3. The van der Waals surface area contributed by atoms with Crippen LogP contribution in [0.3, 0.4) is 0 Å². The molecule has 2 aliphatic rings. The first-order valence-corrected chi connectivity index (χ1v) is 11.8. The van der Waals surface area contributed by atoms with E-state index in [9.17, 15) is 14.4 Å². The predicted octanol–water partition coefficient (Wildman–Crippen LogP) is 3.22. The summed E-state index contributed by atoms with van der Waals surface area (Å²) >= 11 is 0. The van der Waals surface area contributed by atoms with Crippen LogP contribution in [-0.4, -0.2) is 47.4 Å². The molecule has 1 saturated carbocycles. The first-order valence-electron chi connectivity index (χ1n) is 11.8. The number of nitrogens with zero attached hydrogens (tertiary/aromatic N) is 1. The summed E-state index contributed by atoms with van der Waals surface area (Å²) in [5.41, 5.74) is 0.826. The van der Waals surface area contributed by atoms with Gasteiger partial charge in [-0.15, -0.1) is 0 Å². The maximum Gasteiger partial charge on any atom is 0.315 e. The highest BCUT2D eigenvalue weighted by Gasteiger charge is 2.45. The quantitative estimate of drug-likeness (QED) is 0.634. The van der Waals surface area contributed by atoms with Crippen LogP contribution in [0.25, 0.3) is 0 Å². The molecule has 1 saturated heterocycles. The highest BCUT2D eigenvalue weighted by atomic mass is 16.2.